The molecule has 0 saturated carbocycles. The second-order valence-corrected chi connectivity index (χ2v) is 5.39. The van der Waals surface area contributed by atoms with E-state index in [4.69, 9.17) is 5.11 Å². The van der Waals surface area contributed by atoms with Crippen molar-refractivity contribution in [3.8, 4) is 0 Å². The van der Waals surface area contributed by atoms with Gasteiger partial charge in [0.05, 0.1) is 11.1 Å². The summed E-state index contributed by atoms with van der Waals surface area (Å²) < 4.78 is 14.1. The first-order valence-electron chi connectivity index (χ1n) is 5.98. The zero-order valence-corrected chi connectivity index (χ0v) is 12.6. The highest BCUT2D eigenvalue weighted by Gasteiger charge is 2.13. The van der Waals surface area contributed by atoms with Crippen molar-refractivity contribution in [1.29, 1.82) is 0 Å². The Labute approximate surface area is 128 Å². The highest BCUT2D eigenvalue weighted by molar-refractivity contribution is 9.10. The lowest BCUT2D eigenvalue weighted by molar-refractivity contribution is 0.0696. The molecular weight excluding hydrogens is 341 g/mol. The predicted molar refractivity (Wildman–Crippen MR) is 80.2 cm³/mol. The first-order chi connectivity index (χ1) is 9.86. The van der Waals surface area contributed by atoms with Gasteiger partial charge in [-0.3, -0.25) is 4.79 Å². The van der Waals surface area contributed by atoms with Gasteiger partial charge in [-0.1, -0.05) is 27.6 Å². The number of carboxylic acid groups (broad SMARTS) is 1. The molecule has 2 aromatic carbocycles. The van der Waals surface area contributed by atoms with Crippen LogP contribution in [0.5, 0.6) is 0 Å². The number of carbonyl (C=O) groups is 2. The van der Waals surface area contributed by atoms with Crippen molar-refractivity contribution in [3.05, 3.63) is 63.4 Å². The van der Waals surface area contributed by atoms with Gasteiger partial charge in [-0.25, -0.2) is 9.18 Å². The molecule has 21 heavy (non-hydrogen) atoms. The van der Waals surface area contributed by atoms with Crippen molar-refractivity contribution in [2.45, 2.75) is 6.92 Å². The molecule has 0 aromatic heterocycles. The maximum Gasteiger partial charge on any atom is 0.335 e. The smallest absolute Gasteiger partial charge is 0.335 e. The lowest BCUT2D eigenvalue weighted by Gasteiger charge is -2.08. The van der Waals surface area contributed by atoms with E-state index in [1.54, 1.807) is 13.0 Å². The minimum absolute atomic E-state index is 0.0180. The van der Waals surface area contributed by atoms with Crippen LogP contribution in [-0.2, 0) is 0 Å². The molecule has 0 atom stereocenters. The Hall–Kier alpha value is -2.21. The topological polar surface area (TPSA) is 66.4 Å². The fourth-order valence-electron chi connectivity index (χ4n) is 1.80. The summed E-state index contributed by atoms with van der Waals surface area (Å²) in [6, 6.07) is 8.46. The second-order valence-electron chi connectivity index (χ2n) is 4.47. The number of hydrogen-bond donors (Lipinski definition) is 2. The normalized spacial score (nSPS) is 10.2. The van der Waals surface area contributed by atoms with E-state index in [1.165, 1.54) is 30.3 Å². The molecular formula is C15H11BrFNO3. The summed E-state index contributed by atoms with van der Waals surface area (Å²) in [4.78, 5) is 23.0. The summed E-state index contributed by atoms with van der Waals surface area (Å²) in [6.45, 7) is 1.75. The van der Waals surface area contributed by atoms with E-state index in [0.717, 1.165) is 5.56 Å². The second kappa shape index (κ2) is 6.05. The van der Waals surface area contributed by atoms with Crippen LogP contribution in [0.25, 0.3) is 0 Å². The van der Waals surface area contributed by atoms with Crippen LogP contribution in [0.2, 0.25) is 0 Å². The van der Waals surface area contributed by atoms with Crippen LogP contribution in [0.15, 0.2) is 40.9 Å². The molecule has 2 N–H and O–H groups in total. The van der Waals surface area contributed by atoms with Crippen LogP contribution in [0.3, 0.4) is 0 Å². The minimum atomic E-state index is -1.12. The average Bonchev–Trinajstić information content (AvgIpc) is 2.40. The molecule has 6 heteroatoms. The highest BCUT2D eigenvalue weighted by Crippen LogP contribution is 2.21. The molecule has 0 radical (unpaired) electrons. The third kappa shape index (κ3) is 3.66. The molecule has 0 bridgehead atoms. The van der Waals surface area contributed by atoms with E-state index in [2.05, 4.69) is 21.2 Å². The van der Waals surface area contributed by atoms with Gasteiger partial charge in [0, 0.05) is 10.2 Å². The predicted octanol–water partition coefficient (Wildman–Crippen LogP) is 3.85. The van der Waals surface area contributed by atoms with Crippen molar-refractivity contribution < 1.29 is 19.1 Å². The SMILES string of the molecule is Cc1ccc(F)c(C(=O)Nc2cc(Br)cc(C(=O)O)c2)c1. The van der Waals surface area contributed by atoms with E-state index in [0.29, 0.717) is 4.47 Å². The number of aromatic carboxylic acids is 1. The first-order valence-corrected chi connectivity index (χ1v) is 6.77. The molecule has 0 fully saturated rings. The molecule has 0 spiro atoms. The number of nitrogens with one attached hydrogen (secondary N) is 1. The Morgan fingerprint density at radius 1 is 1.19 bits per heavy atom. The summed E-state index contributed by atoms with van der Waals surface area (Å²) in [5, 5.41) is 11.5. The zero-order valence-electron chi connectivity index (χ0n) is 11.0. The molecule has 2 aromatic rings. The van der Waals surface area contributed by atoms with Crippen LogP contribution in [-0.4, -0.2) is 17.0 Å². The monoisotopic (exact) mass is 351 g/mol. The van der Waals surface area contributed by atoms with Gasteiger partial charge in [0.1, 0.15) is 5.82 Å². The number of anilines is 1. The molecule has 0 saturated heterocycles. The number of amides is 1. The van der Waals surface area contributed by atoms with Crippen LogP contribution < -0.4 is 5.32 Å². The third-order valence-electron chi connectivity index (χ3n) is 2.77. The largest absolute Gasteiger partial charge is 0.478 e. The maximum absolute atomic E-state index is 13.6. The van der Waals surface area contributed by atoms with Crippen LogP contribution in [0, 0.1) is 12.7 Å². The van der Waals surface area contributed by atoms with Gasteiger partial charge in [-0.2, -0.15) is 0 Å². The van der Waals surface area contributed by atoms with Gasteiger partial charge in [-0.15, -0.1) is 0 Å². The van der Waals surface area contributed by atoms with Gasteiger partial charge in [0.2, 0.25) is 0 Å². The number of hydrogen-bond acceptors (Lipinski definition) is 2. The molecule has 0 heterocycles. The van der Waals surface area contributed by atoms with E-state index < -0.39 is 17.7 Å². The molecule has 2 rings (SSSR count). The summed E-state index contributed by atoms with van der Waals surface area (Å²) in [5.74, 6) is -2.38. The van der Waals surface area contributed by atoms with E-state index >= 15 is 0 Å². The molecule has 0 aliphatic heterocycles. The van der Waals surface area contributed by atoms with Crippen molar-refractivity contribution in [2.75, 3.05) is 5.32 Å². The average molecular weight is 352 g/mol. The highest BCUT2D eigenvalue weighted by atomic mass is 79.9. The lowest BCUT2D eigenvalue weighted by Crippen LogP contribution is -2.14. The number of aryl methyl sites for hydroxylation is 1. The molecule has 1 amide bonds. The Bertz CT molecular complexity index is 731. The summed E-state index contributed by atoms with van der Waals surface area (Å²) in [5.41, 5.74) is 0.950. The van der Waals surface area contributed by atoms with Crippen LogP contribution >= 0.6 is 15.9 Å². The fourth-order valence-corrected chi connectivity index (χ4v) is 2.29. The van der Waals surface area contributed by atoms with E-state index in [-0.39, 0.29) is 16.8 Å². The molecule has 0 unspecified atom stereocenters. The van der Waals surface area contributed by atoms with Crippen molar-refractivity contribution >= 4 is 33.5 Å². The molecule has 4 nitrogen and oxygen atoms in total. The summed E-state index contributed by atoms with van der Waals surface area (Å²) in [6.07, 6.45) is 0. The van der Waals surface area contributed by atoms with Gasteiger partial charge in [0.15, 0.2) is 0 Å². The van der Waals surface area contributed by atoms with Gasteiger partial charge in [-0.05, 0) is 37.3 Å². The quantitative estimate of drug-likeness (QED) is 0.882. The minimum Gasteiger partial charge on any atom is -0.478 e. The Kier molecular flexibility index (Phi) is 4.37. The lowest BCUT2D eigenvalue weighted by atomic mass is 10.1. The maximum atomic E-state index is 13.6. The molecule has 0 aliphatic carbocycles. The van der Waals surface area contributed by atoms with Crippen LogP contribution in [0.1, 0.15) is 26.3 Å². The Morgan fingerprint density at radius 3 is 2.57 bits per heavy atom. The number of benzene rings is 2. The zero-order chi connectivity index (χ0) is 15.6. The van der Waals surface area contributed by atoms with E-state index in [9.17, 15) is 14.0 Å². The molecule has 108 valence electrons. The number of carboxylic acids is 1. The standard InChI is InChI=1S/C15H11BrFNO3/c1-8-2-3-13(17)12(4-8)14(19)18-11-6-9(15(20)21)5-10(16)7-11/h2-7H,1H3,(H,18,19)(H,20,21). The number of carbonyl (C=O) groups excluding carboxylic acids is 1. The fraction of sp³-hybridized carbons (Fsp3) is 0.0667. The molecule has 0 aliphatic rings. The Morgan fingerprint density at radius 2 is 1.90 bits per heavy atom. The van der Waals surface area contributed by atoms with Gasteiger partial charge < -0.3 is 10.4 Å². The van der Waals surface area contributed by atoms with Gasteiger partial charge >= 0.3 is 5.97 Å². The summed E-state index contributed by atoms with van der Waals surface area (Å²) >= 11 is 3.16. The first kappa shape index (κ1) is 15.2. The summed E-state index contributed by atoms with van der Waals surface area (Å²) in [7, 11) is 0. The Balaban J connectivity index is 2.31. The van der Waals surface area contributed by atoms with Crippen molar-refractivity contribution in [2.24, 2.45) is 0 Å². The number of rotatable bonds is 3. The number of halogens is 2. The van der Waals surface area contributed by atoms with E-state index in [1.807, 2.05) is 0 Å². The third-order valence-corrected chi connectivity index (χ3v) is 3.23. The van der Waals surface area contributed by atoms with Crippen molar-refractivity contribution in [1.82, 2.24) is 0 Å². The van der Waals surface area contributed by atoms with Gasteiger partial charge in [0.25, 0.3) is 5.91 Å². The van der Waals surface area contributed by atoms with Crippen molar-refractivity contribution in [3.63, 3.8) is 0 Å². The van der Waals surface area contributed by atoms with Crippen LogP contribution in [0.4, 0.5) is 10.1 Å².